The number of carbonyl (C=O) groups is 1. The second-order valence-corrected chi connectivity index (χ2v) is 4.68. The average molecular weight is 283 g/mol. The summed E-state index contributed by atoms with van der Waals surface area (Å²) in [5.41, 5.74) is 2.58. The van der Waals surface area contributed by atoms with Gasteiger partial charge in [0.25, 0.3) is 0 Å². The van der Waals surface area contributed by atoms with E-state index in [4.69, 9.17) is 9.84 Å². The van der Waals surface area contributed by atoms with Crippen molar-refractivity contribution in [3.8, 4) is 17.1 Å². The van der Waals surface area contributed by atoms with Crippen LogP contribution in [0.2, 0.25) is 0 Å². The molecule has 0 bridgehead atoms. The fourth-order valence-electron chi connectivity index (χ4n) is 2.20. The number of hydrogen-bond donors (Lipinski definition) is 1. The fraction of sp³-hybridized carbons (Fsp3) is 0.133. The Morgan fingerprint density at radius 1 is 1.24 bits per heavy atom. The number of benzene rings is 1. The number of pyridine rings is 1. The molecule has 0 fully saturated rings. The standard InChI is InChI=1S/C15H13N3O3/c1-9-3-5-12(21-2)11(7-9)14-17-16-13-6-4-10(15(19)20)8-18(13)14/h3-8H,1-2H3,(H,19,20). The van der Waals surface area contributed by atoms with Crippen molar-refractivity contribution in [2.75, 3.05) is 7.11 Å². The molecule has 2 heterocycles. The first-order valence-corrected chi connectivity index (χ1v) is 6.33. The Morgan fingerprint density at radius 2 is 2.05 bits per heavy atom. The Bertz CT molecular complexity index is 839. The number of fused-ring (bicyclic) bond motifs is 1. The lowest BCUT2D eigenvalue weighted by molar-refractivity contribution is 0.0696. The number of rotatable bonds is 3. The van der Waals surface area contributed by atoms with Crippen LogP contribution in [0.15, 0.2) is 36.5 Å². The zero-order valence-electron chi connectivity index (χ0n) is 11.6. The maximum atomic E-state index is 11.1. The molecule has 1 N–H and O–H groups in total. The predicted octanol–water partition coefficient (Wildman–Crippen LogP) is 2.41. The zero-order chi connectivity index (χ0) is 15.0. The third-order valence-corrected chi connectivity index (χ3v) is 3.25. The molecule has 106 valence electrons. The van der Waals surface area contributed by atoms with Crippen molar-refractivity contribution in [3.63, 3.8) is 0 Å². The topological polar surface area (TPSA) is 76.7 Å². The highest BCUT2D eigenvalue weighted by Gasteiger charge is 2.14. The Hall–Kier alpha value is -2.89. The second-order valence-electron chi connectivity index (χ2n) is 4.68. The third kappa shape index (κ3) is 2.20. The normalized spacial score (nSPS) is 10.8. The van der Waals surface area contributed by atoms with Crippen molar-refractivity contribution in [2.24, 2.45) is 0 Å². The summed E-state index contributed by atoms with van der Waals surface area (Å²) in [6.07, 6.45) is 1.51. The molecule has 6 heteroatoms. The van der Waals surface area contributed by atoms with Gasteiger partial charge < -0.3 is 9.84 Å². The smallest absolute Gasteiger partial charge is 0.337 e. The number of aryl methyl sites for hydroxylation is 1. The van der Waals surface area contributed by atoms with Gasteiger partial charge in [0.15, 0.2) is 11.5 Å². The van der Waals surface area contributed by atoms with Crippen molar-refractivity contribution in [2.45, 2.75) is 6.92 Å². The Labute approximate surface area is 120 Å². The van der Waals surface area contributed by atoms with E-state index in [1.807, 2.05) is 25.1 Å². The molecule has 0 saturated carbocycles. The number of nitrogens with zero attached hydrogens (tertiary/aromatic N) is 3. The van der Waals surface area contributed by atoms with Gasteiger partial charge in [-0.2, -0.15) is 0 Å². The van der Waals surface area contributed by atoms with E-state index in [2.05, 4.69) is 10.2 Å². The Morgan fingerprint density at radius 3 is 2.76 bits per heavy atom. The van der Waals surface area contributed by atoms with Gasteiger partial charge in [-0.1, -0.05) is 11.6 Å². The highest BCUT2D eigenvalue weighted by Crippen LogP contribution is 2.29. The summed E-state index contributed by atoms with van der Waals surface area (Å²) in [5, 5.41) is 17.3. The molecule has 0 aliphatic carbocycles. The molecular formula is C15H13N3O3. The van der Waals surface area contributed by atoms with Crippen LogP contribution >= 0.6 is 0 Å². The average Bonchev–Trinajstić information content (AvgIpc) is 2.89. The molecule has 3 rings (SSSR count). The van der Waals surface area contributed by atoms with Crippen LogP contribution in [0.5, 0.6) is 5.75 Å². The van der Waals surface area contributed by atoms with Crippen molar-refractivity contribution in [1.82, 2.24) is 14.6 Å². The zero-order valence-corrected chi connectivity index (χ0v) is 11.6. The van der Waals surface area contributed by atoms with E-state index < -0.39 is 5.97 Å². The van der Waals surface area contributed by atoms with Crippen LogP contribution in [0, 0.1) is 6.92 Å². The van der Waals surface area contributed by atoms with Gasteiger partial charge in [-0.05, 0) is 31.2 Å². The number of aromatic carboxylic acids is 1. The van der Waals surface area contributed by atoms with E-state index in [0.717, 1.165) is 11.1 Å². The molecule has 0 saturated heterocycles. The summed E-state index contributed by atoms with van der Waals surface area (Å²) < 4.78 is 7.01. The van der Waals surface area contributed by atoms with Crippen molar-refractivity contribution in [3.05, 3.63) is 47.7 Å². The van der Waals surface area contributed by atoms with Gasteiger partial charge in [0.1, 0.15) is 5.75 Å². The molecule has 0 amide bonds. The molecule has 6 nitrogen and oxygen atoms in total. The minimum atomic E-state index is -0.993. The third-order valence-electron chi connectivity index (χ3n) is 3.25. The highest BCUT2D eigenvalue weighted by atomic mass is 16.5. The number of carboxylic acid groups (broad SMARTS) is 1. The van der Waals surface area contributed by atoms with Crippen LogP contribution in [-0.4, -0.2) is 32.8 Å². The number of ether oxygens (including phenoxy) is 1. The number of carboxylic acids is 1. The van der Waals surface area contributed by atoms with Crippen LogP contribution in [-0.2, 0) is 0 Å². The Balaban J connectivity index is 2.27. The Kier molecular flexibility index (Phi) is 3.06. The van der Waals surface area contributed by atoms with Crippen LogP contribution < -0.4 is 4.74 Å². The minimum absolute atomic E-state index is 0.176. The summed E-state index contributed by atoms with van der Waals surface area (Å²) in [7, 11) is 1.58. The molecule has 0 radical (unpaired) electrons. The van der Waals surface area contributed by atoms with E-state index in [-0.39, 0.29) is 5.56 Å². The van der Waals surface area contributed by atoms with E-state index in [9.17, 15) is 4.79 Å². The molecule has 0 aliphatic heterocycles. The summed E-state index contributed by atoms with van der Waals surface area (Å²) in [6, 6.07) is 8.86. The van der Waals surface area contributed by atoms with Crippen LogP contribution in [0.4, 0.5) is 0 Å². The maximum Gasteiger partial charge on any atom is 0.337 e. The van der Waals surface area contributed by atoms with Gasteiger partial charge in [-0.3, -0.25) is 4.40 Å². The van der Waals surface area contributed by atoms with Gasteiger partial charge in [0, 0.05) is 6.20 Å². The molecule has 3 aromatic rings. The molecule has 21 heavy (non-hydrogen) atoms. The van der Waals surface area contributed by atoms with Gasteiger partial charge in [-0.15, -0.1) is 10.2 Å². The van der Waals surface area contributed by atoms with Gasteiger partial charge in [-0.25, -0.2) is 4.79 Å². The molecule has 1 aromatic carbocycles. The molecule has 2 aromatic heterocycles. The number of methoxy groups -OCH3 is 1. The SMILES string of the molecule is COc1ccc(C)cc1-c1nnc2ccc(C(=O)O)cn12. The van der Waals surface area contributed by atoms with Crippen molar-refractivity contribution < 1.29 is 14.6 Å². The minimum Gasteiger partial charge on any atom is -0.496 e. The molecule has 0 atom stereocenters. The summed E-state index contributed by atoms with van der Waals surface area (Å²) >= 11 is 0. The fourth-order valence-corrected chi connectivity index (χ4v) is 2.20. The second kappa shape index (κ2) is 4.90. The number of aromatic nitrogens is 3. The van der Waals surface area contributed by atoms with E-state index in [0.29, 0.717) is 17.2 Å². The molecule has 0 spiro atoms. The number of hydrogen-bond acceptors (Lipinski definition) is 4. The largest absolute Gasteiger partial charge is 0.496 e. The predicted molar refractivity (Wildman–Crippen MR) is 76.7 cm³/mol. The van der Waals surface area contributed by atoms with E-state index in [1.54, 1.807) is 17.6 Å². The summed E-state index contributed by atoms with van der Waals surface area (Å²) in [4.78, 5) is 11.1. The van der Waals surface area contributed by atoms with Crippen molar-refractivity contribution in [1.29, 1.82) is 0 Å². The lowest BCUT2D eigenvalue weighted by Crippen LogP contribution is -2.00. The van der Waals surface area contributed by atoms with Gasteiger partial charge >= 0.3 is 5.97 Å². The quantitative estimate of drug-likeness (QED) is 0.798. The van der Waals surface area contributed by atoms with Gasteiger partial charge in [0.05, 0.1) is 18.2 Å². The van der Waals surface area contributed by atoms with Crippen molar-refractivity contribution >= 4 is 11.6 Å². The monoisotopic (exact) mass is 283 g/mol. The van der Waals surface area contributed by atoms with E-state index in [1.165, 1.54) is 12.3 Å². The summed E-state index contributed by atoms with van der Waals surface area (Å²) in [5.74, 6) is 0.219. The first-order valence-electron chi connectivity index (χ1n) is 6.33. The lowest BCUT2D eigenvalue weighted by atomic mass is 10.1. The molecule has 0 aliphatic rings. The first kappa shape index (κ1) is 13.1. The van der Waals surface area contributed by atoms with Gasteiger partial charge in [0.2, 0.25) is 0 Å². The summed E-state index contributed by atoms with van der Waals surface area (Å²) in [6.45, 7) is 1.97. The van der Waals surface area contributed by atoms with E-state index >= 15 is 0 Å². The highest BCUT2D eigenvalue weighted by molar-refractivity contribution is 5.87. The van der Waals surface area contributed by atoms with Crippen LogP contribution in [0.1, 0.15) is 15.9 Å². The first-order chi connectivity index (χ1) is 10.1. The van der Waals surface area contributed by atoms with Crippen LogP contribution in [0.3, 0.4) is 0 Å². The molecule has 0 unspecified atom stereocenters. The van der Waals surface area contributed by atoms with Crippen LogP contribution in [0.25, 0.3) is 17.0 Å². The maximum absolute atomic E-state index is 11.1. The molecular weight excluding hydrogens is 270 g/mol. The lowest BCUT2D eigenvalue weighted by Gasteiger charge is -2.08.